The minimum atomic E-state index is -1.11. The molecule has 182 valence electrons. The first-order valence-corrected chi connectivity index (χ1v) is 12.2. The SMILES string of the molecule is C#[N+][C@]1(C(=O)N[C@H]2CC(C)(C)Oc3ccccc32)C(C)[C@@H]1CN1C(=O)CC(CC)(CC)N=C1N. The van der Waals surface area contributed by atoms with Gasteiger partial charge in [0, 0.05) is 18.5 Å². The smallest absolute Gasteiger partial charge is 0.364 e. The van der Waals surface area contributed by atoms with Crippen molar-refractivity contribution in [3.63, 3.8) is 0 Å². The van der Waals surface area contributed by atoms with Gasteiger partial charge in [-0.05, 0) is 32.8 Å². The predicted octanol–water partition coefficient (Wildman–Crippen LogP) is 3.48. The Morgan fingerprint density at radius 2 is 2.00 bits per heavy atom. The minimum absolute atomic E-state index is 0.0678. The van der Waals surface area contributed by atoms with Gasteiger partial charge in [-0.1, -0.05) is 43.8 Å². The van der Waals surface area contributed by atoms with Crippen LogP contribution in [0.5, 0.6) is 5.75 Å². The van der Waals surface area contributed by atoms with E-state index in [2.05, 4.69) is 15.2 Å². The average molecular weight is 467 g/mol. The van der Waals surface area contributed by atoms with Crippen LogP contribution in [0.1, 0.15) is 71.9 Å². The van der Waals surface area contributed by atoms with E-state index < -0.39 is 16.7 Å². The fourth-order valence-electron chi connectivity index (χ4n) is 5.68. The van der Waals surface area contributed by atoms with Gasteiger partial charge in [0.25, 0.3) is 6.57 Å². The molecule has 4 atom stereocenters. The van der Waals surface area contributed by atoms with Crippen LogP contribution in [0.4, 0.5) is 0 Å². The second-order valence-electron chi connectivity index (χ2n) is 10.6. The van der Waals surface area contributed by atoms with Gasteiger partial charge < -0.3 is 15.8 Å². The van der Waals surface area contributed by atoms with Crippen LogP contribution < -0.4 is 15.8 Å². The Hall–Kier alpha value is -3.08. The van der Waals surface area contributed by atoms with Crippen LogP contribution in [0, 0.1) is 18.4 Å². The summed E-state index contributed by atoms with van der Waals surface area (Å²) < 4.78 is 6.09. The molecule has 8 heteroatoms. The van der Waals surface area contributed by atoms with E-state index >= 15 is 0 Å². The second-order valence-corrected chi connectivity index (χ2v) is 10.6. The fraction of sp³-hybridized carbons (Fsp3) is 0.615. The lowest BCUT2D eigenvalue weighted by molar-refractivity contribution is -0.130. The van der Waals surface area contributed by atoms with Crippen LogP contribution in [0.15, 0.2) is 29.3 Å². The molecule has 8 nitrogen and oxygen atoms in total. The van der Waals surface area contributed by atoms with Gasteiger partial charge in [-0.3, -0.25) is 14.5 Å². The van der Waals surface area contributed by atoms with Crippen LogP contribution in [0.25, 0.3) is 4.85 Å². The van der Waals surface area contributed by atoms with Crippen LogP contribution >= 0.6 is 0 Å². The molecule has 0 aromatic heterocycles. The molecule has 1 aromatic carbocycles. The number of benzene rings is 1. The molecular weight excluding hydrogens is 430 g/mol. The first-order valence-electron chi connectivity index (χ1n) is 12.2. The Kier molecular flexibility index (Phi) is 5.87. The Bertz CT molecular complexity index is 1070. The molecule has 2 aliphatic heterocycles. The maximum absolute atomic E-state index is 13.6. The molecule has 0 bridgehead atoms. The monoisotopic (exact) mass is 466 g/mol. The summed E-state index contributed by atoms with van der Waals surface area (Å²) in [6.07, 6.45) is 2.43. The summed E-state index contributed by atoms with van der Waals surface area (Å²) in [5.74, 6) is 0.300. The molecule has 2 heterocycles. The lowest BCUT2D eigenvalue weighted by Crippen LogP contribution is -2.52. The molecule has 3 N–H and O–H groups in total. The zero-order chi connectivity index (χ0) is 24.9. The zero-order valence-corrected chi connectivity index (χ0v) is 20.8. The van der Waals surface area contributed by atoms with Crippen molar-refractivity contribution in [2.45, 2.75) is 83.0 Å². The van der Waals surface area contributed by atoms with E-state index in [-0.39, 0.29) is 42.2 Å². The maximum Gasteiger partial charge on any atom is 0.364 e. The van der Waals surface area contributed by atoms with Gasteiger partial charge in [0.05, 0.1) is 29.8 Å². The molecule has 4 rings (SSSR count). The molecule has 0 saturated heterocycles. The number of hydrogen-bond acceptors (Lipinski definition) is 5. The fourth-order valence-corrected chi connectivity index (χ4v) is 5.68. The topological polar surface area (TPSA) is 101 Å². The van der Waals surface area contributed by atoms with Gasteiger partial charge >= 0.3 is 11.4 Å². The first-order chi connectivity index (χ1) is 16.0. The highest BCUT2D eigenvalue weighted by Crippen LogP contribution is 2.55. The van der Waals surface area contributed by atoms with E-state index in [9.17, 15) is 9.59 Å². The summed E-state index contributed by atoms with van der Waals surface area (Å²) in [5, 5.41) is 3.18. The van der Waals surface area contributed by atoms with Crippen molar-refractivity contribution < 1.29 is 14.3 Å². The van der Waals surface area contributed by atoms with Crippen molar-refractivity contribution in [3.8, 4) is 12.3 Å². The van der Waals surface area contributed by atoms with E-state index in [1.807, 2.05) is 58.9 Å². The number of carbonyl (C=O) groups excluding carboxylic acids is 2. The molecular formula is C26H36N5O3+. The quantitative estimate of drug-likeness (QED) is 0.670. The lowest BCUT2D eigenvalue weighted by atomic mass is 9.88. The Balaban J connectivity index is 1.53. The number of para-hydroxylation sites is 1. The zero-order valence-electron chi connectivity index (χ0n) is 20.8. The van der Waals surface area contributed by atoms with Crippen LogP contribution in [0.3, 0.4) is 0 Å². The number of ether oxygens (including phenoxy) is 1. The van der Waals surface area contributed by atoms with Crippen molar-refractivity contribution in [2.75, 3.05) is 6.54 Å². The van der Waals surface area contributed by atoms with Crippen LogP contribution in [-0.4, -0.2) is 45.9 Å². The Labute approximate surface area is 201 Å². The first kappa shape index (κ1) is 24.1. The normalized spacial score (nSPS) is 30.9. The third-order valence-electron chi connectivity index (χ3n) is 8.12. The van der Waals surface area contributed by atoms with E-state index in [0.29, 0.717) is 12.8 Å². The van der Waals surface area contributed by atoms with Gasteiger partial charge in [-0.2, -0.15) is 0 Å². The standard InChI is InChI=1S/C26H35N5O3/c1-7-25(8-2)14-21(32)31(23(27)30-25)15-18-16(3)26(18,28-6)22(33)29-19-13-24(4,5)34-20-12-10-9-11-17(19)20/h6,9-12,16,18-19H,7-8,13-15H2,1-5H3,(H2-,27,29,30,33)/p+1/t16?,18-,19-,26+/m0/s1. The number of guanidine groups is 1. The molecule has 1 saturated carbocycles. The Morgan fingerprint density at radius 3 is 2.62 bits per heavy atom. The summed E-state index contributed by atoms with van der Waals surface area (Å²) in [6.45, 7) is 16.1. The van der Waals surface area contributed by atoms with Gasteiger partial charge in [-0.15, -0.1) is 0 Å². The number of nitrogens with two attached hydrogens (primary N) is 1. The number of rotatable bonds is 6. The van der Waals surface area contributed by atoms with Gasteiger partial charge in [-0.25, -0.2) is 4.99 Å². The van der Waals surface area contributed by atoms with Crippen molar-refractivity contribution >= 4 is 17.8 Å². The molecule has 0 radical (unpaired) electrons. The van der Waals surface area contributed by atoms with Gasteiger partial charge in [0.2, 0.25) is 5.91 Å². The predicted molar refractivity (Wildman–Crippen MR) is 132 cm³/mol. The highest BCUT2D eigenvalue weighted by Gasteiger charge is 2.79. The van der Waals surface area contributed by atoms with E-state index in [1.54, 1.807) is 0 Å². The number of nitrogens with one attached hydrogen (secondary N) is 1. The number of aliphatic imine (C=N–C) groups is 1. The molecule has 1 unspecified atom stereocenters. The lowest BCUT2D eigenvalue weighted by Gasteiger charge is -2.38. The average Bonchev–Trinajstić information content (AvgIpc) is 3.38. The molecule has 1 fully saturated rings. The maximum atomic E-state index is 13.6. The third-order valence-corrected chi connectivity index (χ3v) is 8.12. The van der Waals surface area contributed by atoms with E-state index in [1.165, 1.54) is 4.90 Å². The van der Waals surface area contributed by atoms with Crippen molar-refractivity contribution in [2.24, 2.45) is 22.6 Å². The summed E-state index contributed by atoms with van der Waals surface area (Å²) in [7, 11) is 0. The summed E-state index contributed by atoms with van der Waals surface area (Å²) in [6, 6.07) is 7.51. The highest BCUT2D eigenvalue weighted by molar-refractivity contribution is 6.00. The number of nitrogens with zero attached hydrogens (tertiary/aromatic N) is 3. The largest absolute Gasteiger partial charge is 0.487 e. The van der Waals surface area contributed by atoms with Crippen LogP contribution in [0.2, 0.25) is 0 Å². The highest BCUT2D eigenvalue weighted by atomic mass is 16.5. The van der Waals surface area contributed by atoms with E-state index in [0.717, 1.165) is 24.2 Å². The van der Waals surface area contributed by atoms with Gasteiger partial charge in [0.15, 0.2) is 5.96 Å². The number of amides is 2. The molecule has 34 heavy (non-hydrogen) atoms. The van der Waals surface area contributed by atoms with Crippen LogP contribution in [-0.2, 0) is 9.59 Å². The van der Waals surface area contributed by atoms with Crippen molar-refractivity contribution in [1.82, 2.24) is 10.2 Å². The van der Waals surface area contributed by atoms with Gasteiger partial charge in [0.1, 0.15) is 11.4 Å². The molecule has 2 amide bonds. The summed E-state index contributed by atoms with van der Waals surface area (Å²) in [5.41, 5.74) is 5.19. The van der Waals surface area contributed by atoms with Crippen molar-refractivity contribution in [1.29, 1.82) is 0 Å². The molecule has 3 aliphatic rings. The second kappa shape index (κ2) is 8.30. The number of fused-ring (bicyclic) bond motifs is 1. The molecule has 1 aliphatic carbocycles. The molecule has 1 aromatic rings. The summed E-state index contributed by atoms with van der Waals surface area (Å²) in [4.78, 5) is 36.8. The minimum Gasteiger partial charge on any atom is -0.487 e. The Morgan fingerprint density at radius 1 is 1.32 bits per heavy atom. The third kappa shape index (κ3) is 3.81. The number of carbonyl (C=O) groups is 2. The number of hydrogen-bond donors (Lipinski definition) is 2. The van der Waals surface area contributed by atoms with Crippen molar-refractivity contribution in [3.05, 3.63) is 34.7 Å². The molecule has 0 spiro atoms. The summed E-state index contributed by atoms with van der Waals surface area (Å²) >= 11 is 0. The van der Waals surface area contributed by atoms with E-state index in [4.69, 9.17) is 17.0 Å².